The summed E-state index contributed by atoms with van der Waals surface area (Å²) in [5, 5.41) is 3.31. The van der Waals surface area contributed by atoms with Crippen molar-refractivity contribution >= 4 is 17.2 Å². The monoisotopic (exact) mass is 306 g/mol. The molecule has 2 unspecified atom stereocenters. The maximum Gasteiger partial charge on any atom is 0.261 e. The topological polar surface area (TPSA) is 32.3 Å². The van der Waals surface area contributed by atoms with Gasteiger partial charge in [0.1, 0.15) is 0 Å². The second-order valence-electron chi connectivity index (χ2n) is 6.41. The smallest absolute Gasteiger partial charge is 0.261 e. The summed E-state index contributed by atoms with van der Waals surface area (Å²) < 4.78 is 0. The van der Waals surface area contributed by atoms with Crippen molar-refractivity contribution in [2.45, 2.75) is 64.5 Å². The van der Waals surface area contributed by atoms with Gasteiger partial charge in [0.15, 0.2) is 0 Å². The van der Waals surface area contributed by atoms with Gasteiger partial charge in [0.2, 0.25) is 0 Å². The first-order valence-corrected chi connectivity index (χ1v) is 9.15. The molecule has 2 aliphatic heterocycles. The highest BCUT2D eigenvalue weighted by molar-refractivity contribution is 7.14. The number of fused-ring (bicyclic) bond motifs is 1. The van der Waals surface area contributed by atoms with Gasteiger partial charge in [-0.3, -0.25) is 9.69 Å². The van der Waals surface area contributed by atoms with Gasteiger partial charge in [-0.2, -0.15) is 0 Å². The first kappa shape index (κ1) is 15.0. The molecule has 1 aromatic heterocycles. The Morgan fingerprint density at radius 2 is 2.24 bits per heavy atom. The summed E-state index contributed by atoms with van der Waals surface area (Å²) in [5.41, 5.74) is 1.35. The quantitative estimate of drug-likeness (QED) is 0.925. The number of thiophene rings is 1. The van der Waals surface area contributed by atoms with E-state index in [4.69, 9.17) is 0 Å². The molecule has 0 spiro atoms. The summed E-state index contributed by atoms with van der Waals surface area (Å²) in [5.74, 6) is 0.142. The van der Waals surface area contributed by atoms with Gasteiger partial charge in [0.25, 0.3) is 5.91 Å². The normalized spacial score (nSPS) is 25.8. The van der Waals surface area contributed by atoms with Gasteiger partial charge in [-0.1, -0.05) is 19.8 Å². The summed E-state index contributed by atoms with van der Waals surface area (Å²) in [7, 11) is 0. The van der Waals surface area contributed by atoms with E-state index in [9.17, 15) is 4.79 Å². The Morgan fingerprint density at radius 1 is 1.38 bits per heavy atom. The standard InChI is InChI=1S/C17H26N2OS/c1-3-6-13-11-16(21-12(13)2)17(20)18-14-8-10-19-9-5-4-7-15(14)19/h11,14-15H,3-10H2,1-2H3,(H,18,20). The molecule has 3 rings (SSSR count). The minimum absolute atomic E-state index is 0.142. The lowest BCUT2D eigenvalue weighted by atomic mass is 9.99. The molecule has 116 valence electrons. The van der Waals surface area contributed by atoms with Crippen LogP contribution >= 0.6 is 11.3 Å². The van der Waals surface area contributed by atoms with E-state index < -0.39 is 0 Å². The summed E-state index contributed by atoms with van der Waals surface area (Å²) in [6.07, 6.45) is 7.21. The third-order valence-electron chi connectivity index (χ3n) is 4.94. The Hall–Kier alpha value is -0.870. The van der Waals surface area contributed by atoms with Crippen LogP contribution in [0.25, 0.3) is 0 Å². The van der Waals surface area contributed by atoms with Crippen molar-refractivity contribution in [3.8, 4) is 0 Å². The van der Waals surface area contributed by atoms with Crippen LogP contribution in [-0.4, -0.2) is 36.0 Å². The fraction of sp³-hybridized carbons (Fsp3) is 0.706. The van der Waals surface area contributed by atoms with Gasteiger partial charge in [-0.15, -0.1) is 11.3 Å². The van der Waals surface area contributed by atoms with Crippen LogP contribution in [0.4, 0.5) is 0 Å². The number of rotatable bonds is 4. The second-order valence-corrected chi connectivity index (χ2v) is 7.67. The Morgan fingerprint density at radius 3 is 3.05 bits per heavy atom. The number of carbonyl (C=O) groups is 1. The lowest BCUT2D eigenvalue weighted by Gasteiger charge is -2.32. The van der Waals surface area contributed by atoms with E-state index in [1.54, 1.807) is 11.3 Å². The SMILES string of the molecule is CCCc1cc(C(=O)NC2CCN3CCCCC23)sc1C. The molecular weight excluding hydrogens is 280 g/mol. The molecule has 0 saturated carbocycles. The molecule has 4 heteroatoms. The fourth-order valence-electron chi connectivity index (χ4n) is 3.80. The van der Waals surface area contributed by atoms with Crippen LogP contribution in [0.2, 0.25) is 0 Å². The van der Waals surface area contributed by atoms with Gasteiger partial charge >= 0.3 is 0 Å². The number of carbonyl (C=O) groups excluding carboxylic acids is 1. The number of amides is 1. The van der Waals surface area contributed by atoms with E-state index in [0.717, 1.165) is 30.7 Å². The van der Waals surface area contributed by atoms with Crippen LogP contribution in [0.15, 0.2) is 6.07 Å². The number of piperidine rings is 1. The molecule has 0 radical (unpaired) electrons. The third-order valence-corrected chi connectivity index (χ3v) is 6.03. The van der Waals surface area contributed by atoms with Crippen molar-refractivity contribution in [1.29, 1.82) is 0 Å². The van der Waals surface area contributed by atoms with Gasteiger partial charge in [0.05, 0.1) is 4.88 Å². The summed E-state index contributed by atoms with van der Waals surface area (Å²) in [4.78, 5) is 17.3. The van der Waals surface area contributed by atoms with Crippen LogP contribution in [0.3, 0.4) is 0 Å². The van der Waals surface area contributed by atoms with Gasteiger partial charge in [-0.05, 0) is 50.8 Å². The van der Waals surface area contributed by atoms with E-state index in [0.29, 0.717) is 12.1 Å². The minimum atomic E-state index is 0.142. The summed E-state index contributed by atoms with van der Waals surface area (Å²) >= 11 is 1.65. The molecular formula is C17H26N2OS. The van der Waals surface area contributed by atoms with Crippen LogP contribution in [0.1, 0.15) is 59.1 Å². The second kappa shape index (κ2) is 6.49. The highest BCUT2D eigenvalue weighted by atomic mass is 32.1. The molecule has 2 saturated heterocycles. The fourth-order valence-corrected chi connectivity index (χ4v) is 4.78. The average Bonchev–Trinajstić information content (AvgIpc) is 3.05. The Kier molecular flexibility index (Phi) is 4.65. The van der Waals surface area contributed by atoms with E-state index in [-0.39, 0.29) is 5.91 Å². The van der Waals surface area contributed by atoms with Crippen LogP contribution < -0.4 is 5.32 Å². The van der Waals surface area contributed by atoms with E-state index in [1.165, 1.54) is 36.2 Å². The van der Waals surface area contributed by atoms with Gasteiger partial charge < -0.3 is 5.32 Å². The lowest BCUT2D eigenvalue weighted by Crippen LogP contribution is -2.46. The zero-order valence-electron chi connectivity index (χ0n) is 13.2. The van der Waals surface area contributed by atoms with Gasteiger partial charge in [0, 0.05) is 23.5 Å². The van der Waals surface area contributed by atoms with Crippen molar-refractivity contribution in [3.05, 3.63) is 21.4 Å². The molecule has 3 heterocycles. The number of aryl methyl sites for hydroxylation is 2. The number of hydrogen-bond acceptors (Lipinski definition) is 3. The Balaban J connectivity index is 1.64. The number of nitrogens with zero attached hydrogens (tertiary/aromatic N) is 1. The largest absolute Gasteiger partial charge is 0.347 e. The van der Waals surface area contributed by atoms with Crippen molar-refractivity contribution in [1.82, 2.24) is 10.2 Å². The van der Waals surface area contributed by atoms with E-state index in [1.807, 2.05) is 0 Å². The molecule has 2 atom stereocenters. The summed E-state index contributed by atoms with van der Waals surface area (Å²) in [6, 6.07) is 3.04. The molecule has 0 aliphatic carbocycles. The molecule has 1 aromatic rings. The van der Waals surface area contributed by atoms with Crippen LogP contribution in [0, 0.1) is 6.92 Å². The molecule has 3 nitrogen and oxygen atoms in total. The molecule has 1 N–H and O–H groups in total. The molecule has 0 bridgehead atoms. The van der Waals surface area contributed by atoms with Gasteiger partial charge in [-0.25, -0.2) is 0 Å². The molecule has 2 aliphatic rings. The van der Waals surface area contributed by atoms with Crippen LogP contribution in [0.5, 0.6) is 0 Å². The predicted molar refractivity (Wildman–Crippen MR) is 88.1 cm³/mol. The maximum atomic E-state index is 12.5. The summed E-state index contributed by atoms with van der Waals surface area (Å²) in [6.45, 7) is 6.69. The maximum absolute atomic E-state index is 12.5. The highest BCUT2D eigenvalue weighted by Crippen LogP contribution is 2.28. The third kappa shape index (κ3) is 3.16. The molecule has 1 amide bonds. The van der Waals surface area contributed by atoms with Crippen LogP contribution in [-0.2, 0) is 6.42 Å². The average molecular weight is 306 g/mol. The number of hydrogen-bond donors (Lipinski definition) is 1. The predicted octanol–water partition coefficient (Wildman–Crippen LogP) is 3.37. The van der Waals surface area contributed by atoms with Crippen molar-refractivity contribution in [2.75, 3.05) is 13.1 Å². The lowest BCUT2D eigenvalue weighted by molar-refractivity contribution is 0.0919. The van der Waals surface area contributed by atoms with Crippen molar-refractivity contribution in [2.24, 2.45) is 0 Å². The zero-order chi connectivity index (χ0) is 14.8. The molecule has 2 fully saturated rings. The molecule has 21 heavy (non-hydrogen) atoms. The first-order chi connectivity index (χ1) is 10.2. The van der Waals surface area contributed by atoms with E-state index in [2.05, 4.69) is 30.1 Å². The van der Waals surface area contributed by atoms with Crippen molar-refractivity contribution < 1.29 is 4.79 Å². The number of nitrogens with one attached hydrogen (secondary N) is 1. The first-order valence-electron chi connectivity index (χ1n) is 8.33. The minimum Gasteiger partial charge on any atom is -0.347 e. The Labute approximate surface area is 131 Å². The zero-order valence-corrected chi connectivity index (χ0v) is 14.0. The van der Waals surface area contributed by atoms with Crippen molar-refractivity contribution in [3.63, 3.8) is 0 Å². The van der Waals surface area contributed by atoms with E-state index >= 15 is 0 Å². The highest BCUT2D eigenvalue weighted by Gasteiger charge is 2.36. The molecule has 0 aromatic carbocycles. The Bertz CT molecular complexity index is 511.